The van der Waals surface area contributed by atoms with Crippen molar-refractivity contribution in [2.24, 2.45) is 4.47 Å². The van der Waals surface area contributed by atoms with Crippen molar-refractivity contribution in [3.8, 4) is 0 Å². The van der Waals surface area contributed by atoms with Crippen molar-refractivity contribution in [2.45, 2.75) is 24.5 Å². The lowest BCUT2D eigenvalue weighted by atomic mass is 10.1. The van der Waals surface area contributed by atoms with Crippen molar-refractivity contribution in [1.29, 1.82) is 0 Å². The van der Waals surface area contributed by atoms with Gasteiger partial charge in [-0.25, -0.2) is 9.42 Å². The molecule has 6 heteroatoms. The predicted molar refractivity (Wildman–Crippen MR) is 64.0 cm³/mol. The van der Waals surface area contributed by atoms with Crippen LogP contribution in [-0.2, 0) is 16.1 Å². The Hall–Kier alpha value is -1.43. The summed E-state index contributed by atoms with van der Waals surface area (Å²) in [6.45, 7) is 0. The van der Waals surface area contributed by atoms with Crippen molar-refractivity contribution in [1.82, 2.24) is 0 Å². The third-order valence-corrected chi connectivity index (χ3v) is 5.73. The van der Waals surface area contributed by atoms with Crippen LogP contribution in [0.2, 0.25) is 0 Å². The number of hydrogen-bond donors (Lipinski definition) is 1. The molecule has 92 valence electrons. The number of nitrogens with zero attached hydrogens (tertiary/aromatic N) is 2. The highest BCUT2D eigenvalue weighted by atomic mass is 32.2. The molecule has 2 unspecified atom stereocenters. The zero-order chi connectivity index (χ0) is 12.3. The Bertz CT molecular complexity index is 521. The topological polar surface area (TPSA) is 69.7 Å². The minimum atomic E-state index is -2.60. The van der Waals surface area contributed by atoms with Crippen molar-refractivity contribution >= 4 is 9.73 Å². The molecule has 17 heavy (non-hydrogen) atoms. The number of benzene rings is 1. The largest absolute Gasteiger partial charge is 0.396 e. The molecule has 1 aromatic rings. The first-order chi connectivity index (χ1) is 8.10. The monoisotopic (exact) mass is 255 g/mol. The fourth-order valence-electron chi connectivity index (χ4n) is 2.20. The van der Waals surface area contributed by atoms with E-state index in [2.05, 4.69) is 4.47 Å². The normalized spacial score (nSPS) is 27.9. The molecular weight excluding hydrogens is 240 g/mol. The van der Waals surface area contributed by atoms with Gasteiger partial charge in [0.2, 0.25) is 0 Å². The van der Waals surface area contributed by atoms with Gasteiger partial charge in [0.15, 0.2) is 4.47 Å². The summed E-state index contributed by atoms with van der Waals surface area (Å²) in [7, 11) is -2.60. The first-order valence-electron chi connectivity index (χ1n) is 5.54. The number of hydrogen-bond acceptors (Lipinski definition) is 2. The average molecular weight is 255 g/mol. The second-order valence-corrected chi connectivity index (χ2v) is 6.80. The van der Waals surface area contributed by atoms with Crippen molar-refractivity contribution < 1.29 is 14.4 Å². The molecule has 1 aliphatic heterocycles. The van der Waals surface area contributed by atoms with Crippen LogP contribution in [0.25, 0.3) is 0 Å². The van der Waals surface area contributed by atoms with Gasteiger partial charge in [-0.1, -0.05) is 30.3 Å². The Kier molecular flexibility index (Phi) is 3.42. The van der Waals surface area contributed by atoms with Crippen LogP contribution in [0.5, 0.6) is 0 Å². The van der Waals surface area contributed by atoms with Gasteiger partial charge in [0.1, 0.15) is 14.6 Å². The minimum Gasteiger partial charge on any atom is -0.243 e. The van der Waals surface area contributed by atoms with Gasteiger partial charge < -0.3 is 0 Å². The molecule has 0 radical (unpaired) electrons. The summed E-state index contributed by atoms with van der Waals surface area (Å²) in [5.41, 5.74) is 1.08. The lowest BCUT2D eigenvalue weighted by Gasteiger charge is -2.09. The van der Waals surface area contributed by atoms with Gasteiger partial charge in [-0.05, 0) is 24.8 Å². The fraction of sp³-hybridized carbons (Fsp3) is 0.455. The van der Waals surface area contributed by atoms with Crippen molar-refractivity contribution in [2.75, 3.05) is 5.75 Å². The highest BCUT2D eigenvalue weighted by Crippen LogP contribution is 2.25. The molecule has 1 aliphatic rings. The summed E-state index contributed by atoms with van der Waals surface area (Å²) < 4.78 is 15.7. The first-order valence-corrected chi connectivity index (χ1v) is 7.28. The van der Waals surface area contributed by atoms with Gasteiger partial charge in [-0.15, -0.1) is 0 Å². The predicted octanol–water partition coefficient (Wildman–Crippen LogP) is 1.94. The van der Waals surface area contributed by atoms with Crippen LogP contribution in [0, 0.1) is 4.91 Å². The lowest BCUT2D eigenvalue weighted by Crippen LogP contribution is -2.20. The molecule has 0 aliphatic carbocycles. The standard InChI is InChI=1S/C11H15N2O3S/c14-13(15)12-17(16)8-4-7-11(17)9-10-5-2-1-3-6-10/h1-3,5-6,11H,4,7-9H2,(H,14,15)/q+1. The van der Waals surface area contributed by atoms with E-state index in [9.17, 15) is 9.12 Å². The zero-order valence-electron chi connectivity index (χ0n) is 9.36. The zero-order valence-corrected chi connectivity index (χ0v) is 10.2. The molecular formula is C11H15N2O3S+. The molecule has 1 N–H and O–H groups in total. The molecule has 0 amide bonds. The number of rotatable bonds is 3. The maximum atomic E-state index is 12.4. The Labute approximate surface area is 100 Å². The van der Waals surface area contributed by atoms with Crippen molar-refractivity contribution in [3.05, 3.63) is 40.8 Å². The molecule has 1 aromatic carbocycles. The van der Waals surface area contributed by atoms with Crippen molar-refractivity contribution in [3.63, 3.8) is 0 Å². The molecule has 1 heterocycles. The van der Waals surface area contributed by atoms with Gasteiger partial charge in [-0.2, -0.15) is 0 Å². The third kappa shape index (κ3) is 2.82. The van der Waals surface area contributed by atoms with Crippen LogP contribution >= 0.6 is 0 Å². The van der Waals surface area contributed by atoms with Crippen LogP contribution < -0.4 is 0 Å². The highest BCUT2D eigenvalue weighted by molar-refractivity contribution is 7.94. The van der Waals surface area contributed by atoms with Gasteiger partial charge in [0, 0.05) is 5.75 Å². The second-order valence-electron chi connectivity index (χ2n) is 4.18. The summed E-state index contributed by atoms with van der Waals surface area (Å²) in [6.07, 6.45) is 2.20. The SMILES string of the molecule is O=[N+](O)N=S1(=O)CCCC1Cc1ccccc1. The Morgan fingerprint density at radius 1 is 1.41 bits per heavy atom. The quantitative estimate of drug-likeness (QED) is 0.839. The maximum absolute atomic E-state index is 12.4. The molecule has 1 fully saturated rings. The molecule has 0 saturated carbocycles. The van der Waals surface area contributed by atoms with Crippen LogP contribution in [0.4, 0.5) is 0 Å². The van der Waals surface area contributed by atoms with Crippen LogP contribution in [0.1, 0.15) is 18.4 Å². The Balaban J connectivity index is 2.22. The molecule has 0 bridgehead atoms. The fourth-order valence-corrected chi connectivity index (χ4v) is 4.56. The second kappa shape index (κ2) is 4.83. The summed E-state index contributed by atoms with van der Waals surface area (Å²) in [5.74, 6) is 0.393. The smallest absolute Gasteiger partial charge is 0.243 e. The van der Waals surface area contributed by atoms with Crippen LogP contribution in [0.3, 0.4) is 0 Å². The maximum Gasteiger partial charge on any atom is 0.396 e. The van der Waals surface area contributed by atoms with Crippen LogP contribution in [0.15, 0.2) is 34.8 Å². The van der Waals surface area contributed by atoms with Gasteiger partial charge in [0.05, 0.1) is 5.25 Å². The Morgan fingerprint density at radius 2 is 2.12 bits per heavy atom. The van der Waals surface area contributed by atoms with E-state index >= 15 is 0 Å². The summed E-state index contributed by atoms with van der Waals surface area (Å²) in [4.78, 5) is 10.5. The average Bonchev–Trinajstić information content (AvgIpc) is 2.60. The van der Waals surface area contributed by atoms with E-state index in [-0.39, 0.29) is 5.25 Å². The lowest BCUT2D eigenvalue weighted by molar-refractivity contribution is -0.794. The molecule has 0 spiro atoms. The van der Waals surface area contributed by atoms with E-state index in [1.807, 2.05) is 30.3 Å². The van der Waals surface area contributed by atoms with E-state index in [1.54, 1.807) is 0 Å². The minimum absolute atomic E-state index is 0.145. The summed E-state index contributed by atoms with van der Waals surface area (Å²) in [6, 6.07) is 9.70. The van der Waals surface area contributed by atoms with E-state index in [1.165, 1.54) is 0 Å². The first kappa shape index (κ1) is 12.0. The van der Waals surface area contributed by atoms with Crippen LogP contribution in [-0.4, -0.2) is 25.5 Å². The van der Waals surface area contributed by atoms with E-state index < -0.39 is 14.8 Å². The molecule has 1 saturated heterocycles. The molecule has 2 atom stereocenters. The summed E-state index contributed by atoms with van der Waals surface area (Å²) in [5, 5.41) is 7.90. The molecule has 5 nitrogen and oxygen atoms in total. The van der Waals surface area contributed by atoms with Gasteiger partial charge in [-0.3, -0.25) is 0 Å². The molecule has 2 rings (SSSR count). The van der Waals surface area contributed by atoms with Gasteiger partial charge >= 0.3 is 5.03 Å². The third-order valence-electron chi connectivity index (χ3n) is 3.00. The van der Waals surface area contributed by atoms with E-state index in [0.717, 1.165) is 18.4 Å². The van der Waals surface area contributed by atoms with E-state index in [0.29, 0.717) is 12.2 Å². The molecule has 0 aromatic heterocycles. The van der Waals surface area contributed by atoms with E-state index in [4.69, 9.17) is 5.21 Å². The highest BCUT2D eigenvalue weighted by Gasteiger charge is 2.33. The van der Waals surface area contributed by atoms with Gasteiger partial charge in [0.25, 0.3) is 0 Å². The summed E-state index contributed by atoms with van der Waals surface area (Å²) >= 11 is 0. The Morgan fingerprint density at radius 3 is 2.76 bits per heavy atom.